The molecule has 2 heteroatoms. The largest absolute Gasteiger partial charge is 0.312 e. The van der Waals surface area contributed by atoms with Gasteiger partial charge >= 0.3 is 0 Å². The van der Waals surface area contributed by atoms with Crippen molar-refractivity contribution in [2.24, 2.45) is 5.92 Å². The summed E-state index contributed by atoms with van der Waals surface area (Å²) in [5.41, 5.74) is 4.94. The van der Waals surface area contributed by atoms with Crippen LogP contribution in [0.3, 0.4) is 0 Å². The number of nitrogens with zero attached hydrogens (tertiary/aromatic N) is 1. The summed E-state index contributed by atoms with van der Waals surface area (Å²) in [4.78, 5) is 4.65. The van der Waals surface area contributed by atoms with Gasteiger partial charge in [0.15, 0.2) is 0 Å². The Hall–Kier alpha value is -1.41. The Balaban J connectivity index is 2.37. The molecule has 0 bridgehead atoms. The second kappa shape index (κ2) is 6.36. The third-order valence-corrected chi connectivity index (χ3v) is 3.58. The molecule has 0 saturated carbocycles. The van der Waals surface area contributed by atoms with Crippen molar-refractivity contribution in [2.75, 3.05) is 6.54 Å². The molecule has 0 fully saturated rings. The van der Waals surface area contributed by atoms with Gasteiger partial charge in [-0.2, -0.15) is 0 Å². The van der Waals surface area contributed by atoms with E-state index in [4.69, 9.17) is 0 Å². The van der Waals surface area contributed by atoms with Crippen LogP contribution in [0.1, 0.15) is 50.4 Å². The van der Waals surface area contributed by atoms with Crippen LogP contribution in [0, 0.1) is 12.8 Å². The maximum absolute atomic E-state index is 4.65. The third kappa shape index (κ3) is 3.57. The molecule has 0 spiro atoms. The lowest BCUT2D eigenvalue weighted by Gasteiger charge is -2.13. The highest BCUT2D eigenvalue weighted by atomic mass is 14.9. The molecule has 0 radical (unpaired) electrons. The van der Waals surface area contributed by atoms with E-state index in [9.17, 15) is 0 Å². The van der Waals surface area contributed by atoms with Gasteiger partial charge in [0.1, 0.15) is 0 Å². The number of hydrogen-bond donors (Lipinski definition) is 1. The summed E-state index contributed by atoms with van der Waals surface area (Å²) < 4.78 is 0. The molecular formula is C18H26N2. The fourth-order valence-electron chi connectivity index (χ4n) is 2.46. The SMILES string of the molecule is Cc1cc(CNCC(C)C)c2cc(C(C)C)ccc2n1. The van der Waals surface area contributed by atoms with Crippen molar-refractivity contribution in [2.45, 2.75) is 47.1 Å². The molecule has 1 N–H and O–H groups in total. The fourth-order valence-corrected chi connectivity index (χ4v) is 2.46. The molecule has 1 aromatic carbocycles. The van der Waals surface area contributed by atoms with Gasteiger partial charge < -0.3 is 5.32 Å². The Morgan fingerprint density at radius 2 is 1.85 bits per heavy atom. The van der Waals surface area contributed by atoms with Crippen LogP contribution < -0.4 is 5.32 Å². The Kier molecular flexibility index (Phi) is 4.77. The topological polar surface area (TPSA) is 24.9 Å². The van der Waals surface area contributed by atoms with E-state index < -0.39 is 0 Å². The molecule has 1 aromatic heterocycles. The fraction of sp³-hybridized carbons (Fsp3) is 0.500. The molecule has 0 saturated heterocycles. The van der Waals surface area contributed by atoms with E-state index in [1.807, 2.05) is 0 Å². The van der Waals surface area contributed by atoms with E-state index in [2.05, 4.69) is 69.2 Å². The van der Waals surface area contributed by atoms with Gasteiger partial charge in [0.2, 0.25) is 0 Å². The molecule has 1 heterocycles. The van der Waals surface area contributed by atoms with Gasteiger partial charge in [0, 0.05) is 17.6 Å². The highest BCUT2D eigenvalue weighted by Gasteiger charge is 2.07. The lowest BCUT2D eigenvalue weighted by atomic mass is 9.98. The molecule has 0 amide bonds. The van der Waals surface area contributed by atoms with Crippen molar-refractivity contribution in [3.8, 4) is 0 Å². The second-order valence-electron chi connectivity index (χ2n) is 6.38. The zero-order valence-corrected chi connectivity index (χ0v) is 13.3. The normalized spacial score (nSPS) is 11.8. The van der Waals surface area contributed by atoms with E-state index in [1.165, 1.54) is 16.5 Å². The zero-order chi connectivity index (χ0) is 14.7. The maximum atomic E-state index is 4.65. The lowest BCUT2D eigenvalue weighted by molar-refractivity contribution is 0.553. The average molecular weight is 270 g/mol. The number of aromatic nitrogens is 1. The van der Waals surface area contributed by atoms with Crippen LogP contribution in [0.25, 0.3) is 10.9 Å². The van der Waals surface area contributed by atoms with Crippen LogP contribution >= 0.6 is 0 Å². The smallest absolute Gasteiger partial charge is 0.0708 e. The highest BCUT2D eigenvalue weighted by molar-refractivity contribution is 5.83. The van der Waals surface area contributed by atoms with Crippen LogP contribution in [0.5, 0.6) is 0 Å². The molecule has 2 aromatic rings. The van der Waals surface area contributed by atoms with Crippen molar-refractivity contribution in [3.05, 3.63) is 41.1 Å². The van der Waals surface area contributed by atoms with Crippen LogP contribution in [0.2, 0.25) is 0 Å². The van der Waals surface area contributed by atoms with E-state index in [1.54, 1.807) is 0 Å². The number of hydrogen-bond acceptors (Lipinski definition) is 2. The first kappa shape index (κ1) is 15.0. The Labute approximate surface area is 122 Å². The number of nitrogens with one attached hydrogen (secondary N) is 1. The monoisotopic (exact) mass is 270 g/mol. The number of benzene rings is 1. The predicted molar refractivity (Wildman–Crippen MR) is 87.1 cm³/mol. The molecule has 0 unspecified atom stereocenters. The summed E-state index contributed by atoms with van der Waals surface area (Å²) in [5.74, 6) is 1.23. The van der Waals surface area contributed by atoms with E-state index in [0.717, 1.165) is 24.3 Å². The minimum atomic E-state index is 0.553. The number of pyridine rings is 1. The summed E-state index contributed by atoms with van der Waals surface area (Å²) in [7, 11) is 0. The Bertz CT molecular complexity index is 585. The molecular weight excluding hydrogens is 244 g/mol. The molecule has 20 heavy (non-hydrogen) atoms. The first-order chi connectivity index (χ1) is 9.47. The first-order valence-corrected chi connectivity index (χ1v) is 7.58. The molecule has 0 aliphatic rings. The first-order valence-electron chi connectivity index (χ1n) is 7.58. The molecule has 0 atom stereocenters. The van der Waals surface area contributed by atoms with Gasteiger partial charge in [-0.3, -0.25) is 4.98 Å². The van der Waals surface area contributed by atoms with Crippen LogP contribution in [0.15, 0.2) is 24.3 Å². The number of aryl methyl sites for hydroxylation is 1. The Morgan fingerprint density at radius 3 is 2.50 bits per heavy atom. The summed E-state index contributed by atoms with van der Waals surface area (Å²) in [6, 6.07) is 8.87. The third-order valence-electron chi connectivity index (χ3n) is 3.58. The number of fused-ring (bicyclic) bond motifs is 1. The molecule has 2 rings (SSSR count). The van der Waals surface area contributed by atoms with Crippen molar-refractivity contribution in [3.63, 3.8) is 0 Å². The standard InChI is InChI=1S/C18H26N2/c1-12(2)10-19-11-16-8-14(5)20-18-7-6-15(13(3)4)9-17(16)18/h6-9,12-13,19H,10-11H2,1-5H3. The summed E-state index contributed by atoms with van der Waals surface area (Å²) in [6.45, 7) is 13.0. The van der Waals surface area contributed by atoms with Gasteiger partial charge in [0.05, 0.1) is 5.52 Å². The van der Waals surface area contributed by atoms with E-state index in [0.29, 0.717) is 11.8 Å². The maximum Gasteiger partial charge on any atom is 0.0708 e. The van der Waals surface area contributed by atoms with Crippen LogP contribution in [0.4, 0.5) is 0 Å². The quantitative estimate of drug-likeness (QED) is 0.870. The molecule has 0 aliphatic carbocycles. The summed E-state index contributed by atoms with van der Waals surface area (Å²) in [6.07, 6.45) is 0. The van der Waals surface area contributed by atoms with Crippen molar-refractivity contribution < 1.29 is 0 Å². The van der Waals surface area contributed by atoms with Crippen molar-refractivity contribution in [1.82, 2.24) is 10.3 Å². The molecule has 108 valence electrons. The van der Waals surface area contributed by atoms with E-state index in [-0.39, 0.29) is 0 Å². The van der Waals surface area contributed by atoms with Crippen molar-refractivity contribution in [1.29, 1.82) is 0 Å². The highest BCUT2D eigenvalue weighted by Crippen LogP contribution is 2.24. The minimum Gasteiger partial charge on any atom is -0.312 e. The van der Waals surface area contributed by atoms with Gasteiger partial charge in [-0.25, -0.2) is 0 Å². The van der Waals surface area contributed by atoms with E-state index >= 15 is 0 Å². The number of rotatable bonds is 5. The van der Waals surface area contributed by atoms with Crippen LogP contribution in [-0.4, -0.2) is 11.5 Å². The molecule has 0 aliphatic heterocycles. The summed E-state index contributed by atoms with van der Waals surface area (Å²) in [5, 5.41) is 4.83. The summed E-state index contributed by atoms with van der Waals surface area (Å²) >= 11 is 0. The van der Waals surface area contributed by atoms with Crippen molar-refractivity contribution >= 4 is 10.9 Å². The molecule has 2 nitrogen and oxygen atoms in total. The predicted octanol–water partition coefficient (Wildman–Crippen LogP) is 4.41. The average Bonchev–Trinajstić information content (AvgIpc) is 2.37. The minimum absolute atomic E-state index is 0.553. The zero-order valence-electron chi connectivity index (χ0n) is 13.3. The van der Waals surface area contributed by atoms with Gasteiger partial charge in [-0.15, -0.1) is 0 Å². The van der Waals surface area contributed by atoms with Gasteiger partial charge in [-0.05, 0) is 54.6 Å². The van der Waals surface area contributed by atoms with Gasteiger partial charge in [-0.1, -0.05) is 33.8 Å². The van der Waals surface area contributed by atoms with Gasteiger partial charge in [0.25, 0.3) is 0 Å². The van der Waals surface area contributed by atoms with Crippen LogP contribution in [-0.2, 0) is 6.54 Å². The second-order valence-corrected chi connectivity index (χ2v) is 6.38. The Morgan fingerprint density at radius 1 is 1.10 bits per heavy atom. The lowest BCUT2D eigenvalue weighted by Crippen LogP contribution is -2.19.